The van der Waals surface area contributed by atoms with Crippen LogP contribution in [-0.2, 0) is 13.0 Å². The summed E-state index contributed by atoms with van der Waals surface area (Å²) >= 11 is 1.72. The molecule has 0 atom stereocenters. The van der Waals surface area contributed by atoms with Gasteiger partial charge < -0.3 is 10.1 Å². The number of benzene rings is 1. The van der Waals surface area contributed by atoms with Gasteiger partial charge in [-0.05, 0) is 44.0 Å². The third-order valence-corrected chi connectivity index (χ3v) is 4.21. The number of rotatable bonds is 8. The Balaban J connectivity index is 1.79. The predicted molar refractivity (Wildman–Crippen MR) is 89.2 cm³/mol. The van der Waals surface area contributed by atoms with E-state index in [1.54, 1.807) is 11.3 Å². The molecule has 0 saturated carbocycles. The number of thiazole rings is 1. The topological polar surface area (TPSA) is 34.1 Å². The molecule has 1 aromatic heterocycles. The first-order valence-corrected chi connectivity index (χ1v) is 8.41. The number of hydrogen-bond donors (Lipinski definition) is 1. The fourth-order valence-corrected chi connectivity index (χ4v) is 2.83. The van der Waals surface area contributed by atoms with Crippen molar-refractivity contribution in [1.82, 2.24) is 10.3 Å². The van der Waals surface area contributed by atoms with Crippen LogP contribution in [0.3, 0.4) is 0 Å². The number of ether oxygens (including phenoxy) is 1. The van der Waals surface area contributed by atoms with Gasteiger partial charge in [0, 0.05) is 18.3 Å². The molecule has 21 heavy (non-hydrogen) atoms. The summed E-state index contributed by atoms with van der Waals surface area (Å²) in [6.45, 7) is 8.92. The quantitative estimate of drug-likeness (QED) is 0.752. The fourth-order valence-electron chi connectivity index (χ4n) is 2.05. The zero-order valence-corrected chi connectivity index (χ0v) is 13.9. The van der Waals surface area contributed by atoms with E-state index in [0.717, 1.165) is 42.4 Å². The normalized spacial score (nSPS) is 10.8. The highest BCUT2D eigenvalue weighted by Crippen LogP contribution is 2.19. The summed E-state index contributed by atoms with van der Waals surface area (Å²) in [4.78, 5) is 4.63. The molecule has 0 aliphatic heterocycles. The molecule has 0 radical (unpaired) electrons. The number of nitrogens with one attached hydrogen (secondary N) is 1. The Kier molecular flexibility index (Phi) is 6.21. The molecule has 1 N–H and O–H groups in total. The maximum Gasteiger partial charge on any atom is 0.122 e. The summed E-state index contributed by atoms with van der Waals surface area (Å²) < 4.78 is 5.88. The van der Waals surface area contributed by atoms with Crippen LogP contribution < -0.4 is 10.1 Å². The first kappa shape index (κ1) is 16.0. The third kappa shape index (κ3) is 5.14. The fraction of sp³-hybridized carbons (Fsp3) is 0.471. The van der Waals surface area contributed by atoms with Crippen LogP contribution in [0.25, 0.3) is 0 Å². The van der Waals surface area contributed by atoms with Gasteiger partial charge in [0.1, 0.15) is 5.75 Å². The highest BCUT2D eigenvalue weighted by molar-refractivity contribution is 7.09. The molecular formula is C17H24N2OS. The van der Waals surface area contributed by atoms with Crippen molar-refractivity contribution in [1.29, 1.82) is 0 Å². The Morgan fingerprint density at radius 3 is 2.95 bits per heavy atom. The van der Waals surface area contributed by atoms with Crippen molar-refractivity contribution < 1.29 is 4.74 Å². The molecule has 0 spiro atoms. The molecule has 3 nitrogen and oxygen atoms in total. The van der Waals surface area contributed by atoms with Crippen LogP contribution in [0.5, 0.6) is 5.75 Å². The Morgan fingerprint density at radius 2 is 2.14 bits per heavy atom. The van der Waals surface area contributed by atoms with Crippen LogP contribution in [-0.4, -0.2) is 18.1 Å². The van der Waals surface area contributed by atoms with E-state index in [2.05, 4.69) is 54.7 Å². The second kappa shape index (κ2) is 8.15. The van der Waals surface area contributed by atoms with Gasteiger partial charge in [0.25, 0.3) is 0 Å². The average molecular weight is 304 g/mol. The largest absolute Gasteiger partial charge is 0.493 e. The van der Waals surface area contributed by atoms with E-state index in [4.69, 9.17) is 4.74 Å². The second-order valence-corrected chi connectivity index (χ2v) is 6.22. The summed E-state index contributed by atoms with van der Waals surface area (Å²) in [5.41, 5.74) is 3.55. The van der Waals surface area contributed by atoms with Crippen LogP contribution in [0.1, 0.15) is 35.2 Å². The van der Waals surface area contributed by atoms with Crippen LogP contribution in [0.15, 0.2) is 23.6 Å². The molecule has 2 aromatic rings. The van der Waals surface area contributed by atoms with Gasteiger partial charge in [-0.1, -0.05) is 19.1 Å². The molecule has 1 heterocycles. The molecular weight excluding hydrogens is 280 g/mol. The van der Waals surface area contributed by atoms with Gasteiger partial charge in [-0.25, -0.2) is 4.98 Å². The lowest BCUT2D eigenvalue weighted by atomic mass is 10.1. The Morgan fingerprint density at radius 1 is 1.29 bits per heavy atom. The lowest BCUT2D eigenvalue weighted by molar-refractivity contribution is 0.319. The maximum absolute atomic E-state index is 5.88. The molecule has 0 fully saturated rings. The highest BCUT2D eigenvalue weighted by Gasteiger charge is 2.04. The zero-order chi connectivity index (χ0) is 15.1. The van der Waals surface area contributed by atoms with Crippen LogP contribution >= 0.6 is 11.3 Å². The predicted octanol–water partition coefficient (Wildman–Crippen LogP) is 3.88. The highest BCUT2D eigenvalue weighted by atomic mass is 32.1. The lowest BCUT2D eigenvalue weighted by Crippen LogP contribution is -2.14. The lowest BCUT2D eigenvalue weighted by Gasteiger charge is -2.09. The van der Waals surface area contributed by atoms with Gasteiger partial charge in [-0.2, -0.15) is 0 Å². The number of hydrogen-bond acceptors (Lipinski definition) is 4. The van der Waals surface area contributed by atoms with Crippen molar-refractivity contribution in [2.75, 3.05) is 13.2 Å². The molecule has 0 saturated heterocycles. The smallest absolute Gasteiger partial charge is 0.122 e. The SMILES string of the molecule is CCCNCc1csc(CCOc2cc(C)ccc2C)n1. The summed E-state index contributed by atoms with van der Waals surface area (Å²) in [7, 11) is 0. The van der Waals surface area contributed by atoms with E-state index < -0.39 is 0 Å². The monoisotopic (exact) mass is 304 g/mol. The van der Waals surface area contributed by atoms with Crippen molar-refractivity contribution in [2.24, 2.45) is 0 Å². The van der Waals surface area contributed by atoms with E-state index in [9.17, 15) is 0 Å². The van der Waals surface area contributed by atoms with Gasteiger partial charge in [0.15, 0.2) is 0 Å². The summed E-state index contributed by atoms with van der Waals surface area (Å²) in [6, 6.07) is 6.31. The Labute approximate surface area is 131 Å². The Hall–Kier alpha value is -1.39. The van der Waals surface area contributed by atoms with Gasteiger partial charge in [-0.3, -0.25) is 0 Å². The molecule has 0 bridgehead atoms. The molecule has 1 aromatic carbocycles. The molecule has 0 amide bonds. The average Bonchev–Trinajstić information content (AvgIpc) is 2.91. The minimum Gasteiger partial charge on any atom is -0.493 e. The van der Waals surface area contributed by atoms with Crippen LogP contribution in [0, 0.1) is 13.8 Å². The van der Waals surface area contributed by atoms with E-state index in [1.165, 1.54) is 11.1 Å². The Bertz CT molecular complexity index is 566. The van der Waals surface area contributed by atoms with Crippen molar-refractivity contribution in [3.63, 3.8) is 0 Å². The van der Waals surface area contributed by atoms with Crippen molar-refractivity contribution in [3.05, 3.63) is 45.4 Å². The summed E-state index contributed by atoms with van der Waals surface area (Å²) in [5.74, 6) is 0.983. The van der Waals surface area contributed by atoms with E-state index in [1.807, 2.05) is 0 Å². The van der Waals surface area contributed by atoms with Gasteiger partial charge in [0.2, 0.25) is 0 Å². The third-order valence-electron chi connectivity index (χ3n) is 3.25. The molecule has 2 rings (SSSR count). The maximum atomic E-state index is 5.88. The van der Waals surface area contributed by atoms with E-state index in [-0.39, 0.29) is 0 Å². The van der Waals surface area contributed by atoms with Gasteiger partial charge in [0.05, 0.1) is 17.3 Å². The van der Waals surface area contributed by atoms with Crippen molar-refractivity contribution in [3.8, 4) is 5.75 Å². The van der Waals surface area contributed by atoms with Gasteiger partial charge in [-0.15, -0.1) is 11.3 Å². The molecule has 0 unspecified atom stereocenters. The molecule has 114 valence electrons. The van der Waals surface area contributed by atoms with E-state index >= 15 is 0 Å². The minimum atomic E-state index is 0.680. The van der Waals surface area contributed by atoms with Crippen molar-refractivity contribution >= 4 is 11.3 Å². The summed E-state index contributed by atoms with van der Waals surface area (Å²) in [5, 5.41) is 6.65. The number of aromatic nitrogens is 1. The second-order valence-electron chi connectivity index (χ2n) is 5.28. The van der Waals surface area contributed by atoms with Crippen LogP contribution in [0.2, 0.25) is 0 Å². The van der Waals surface area contributed by atoms with Gasteiger partial charge >= 0.3 is 0 Å². The number of aryl methyl sites for hydroxylation is 2. The number of nitrogens with zero attached hydrogens (tertiary/aromatic N) is 1. The van der Waals surface area contributed by atoms with Crippen molar-refractivity contribution in [2.45, 2.75) is 40.2 Å². The van der Waals surface area contributed by atoms with E-state index in [0.29, 0.717) is 6.61 Å². The first-order valence-electron chi connectivity index (χ1n) is 7.53. The zero-order valence-electron chi connectivity index (χ0n) is 13.1. The molecule has 0 aliphatic carbocycles. The van der Waals surface area contributed by atoms with Crippen LogP contribution in [0.4, 0.5) is 0 Å². The first-order chi connectivity index (χ1) is 10.2. The molecule has 0 aliphatic rings. The standard InChI is InChI=1S/C17H24N2OS/c1-4-8-18-11-15-12-21-17(19-15)7-9-20-16-10-13(2)5-6-14(16)3/h5-6,10,12,18H,4,7-9,11H2,1-3H3. The summed E-state index contributed by atoms with van der Waals surface area (Å²) in [6.07, 6.45) is 2.02. The molecule has 4 heteroatoms. The minimum absolute atomic E-state index is 0.680.